The molecule has 0 aromatic heterocycles. The predicted octanol–water partition coefficient (Wildman–Crippen LogP) is 0.196. The van der Waals surface area contributed by atoms with E-state index in [1.165, 1.54) is 0 Å². The summed E-state index contributed by atoms with van der Waals surface area (Å²) < 4.78 is 9.81. The molecule has 0 saturated heterocycles. The molecule has 0 fully saturated rings. The Morgan fingerprint density at radius 3 is 2.58 bits per heavy atom. The highest BCUT2D eigenvalue weighted by Crippen LogP contribution is 1.97. The van der Waals surface area contributed by atoms with Gasteiger partial charge in [-0.25, -0.2) is 0 Å². The third-order valence-corrected chi connectivity index (χ3v) is 1.34. The summed E-state index contributed by atoms with van der Waals surface area (Å²) in [5.74, 6) is 0. The second-order valence-corrected chi connectivity index (χ2v) is 2.28. The molecule has 1 unspecified atom stereocenters. The number of hydrogen-bond acceptors (Lipinski definition) is 4. The first kappa shape index (κ1) is 11.3. The molecule has 12 heavy (non-hydrogen) atoms. The van der Waals surface area contributed by atoms with Crippen molar-refractivity contribution in [2.24, 2.45) is 0 Å². The Balaban J connectivity index is 3.38. The van der Waals surface area contributed by atoms with Crippen LogP contribution >= 0.6 is 0 Å². The van der Waals surface area contributed by atoms with Crippen molar-refractivity contribution in [1.82, 2.24) is 0 Å². The van der Waals surface area contributed by atoms with Crippen molar-refractivity contribution in [3.8, 4) is 0 Å². The molecule has 4 heteroatoms. The summed E-state index contributed by atoms with van der Waals surface area (Å²) in [6.45, 7) is 0.851. The van der Waals surface area contributed by atoms with E-state index in [9.17, 15) is 9.59 Å². The average Bonchev–Trinajstić information content (AvgIpc) is 2.11. The highest BCUT2D eigenvalue weighted by molar-refractivity contribution is 5.57. The van der Waals surface area contributed by atoms with Crippen molar-refractivity contribution in [2.75, 3.05) is 20.3 Å². The smallest absolute Gasteiger partial charge is 0.148 e. The van der Waals surface area contributed by atoms with Crippen LogP contribution in [0.2, 0.25) is 0 Å². The molecule has 0 bridgehead atoms. The van der Waals surface area contributed by atoms with Crippen LogP contribution in [-0.4, -0.2) is 39.0 Å². The molecule has 0 radical (unpaired) electrons. The Kier molecular flexibility index (Phi) is 7.84. The van der Waals surface area contributed by atoms with Crippen molar-refractivity contribution in [3.63, 3.8) is 0 Å². The summed E-state index contributed by atoms with van der Waals surface area (Å²) in [6.07, 6.45) is 1.83. The van der Waals surface area contributed by atoms with Crippen LogP contribution in [0.5, 0.6) is 0 Å². The second-order valence-electron chi connectivity index (χ2n) is 2.28. The molecule has 0 aliphatic carbocycles. The third-order valence-electron chi connectivity index (χ3n) is 1.34. The van der Waals surface area contributed by atoms with Crippen LogP contribution in [0.4, 0.5) is 0 Å². The lowest BCUT2D eigenvalue weighted by molar-refractivity contribution is -0.119. The van der Waals surface area contributed by atoms with E-state index in [2.05, 4.69) is 0 Å². The van der Waals surface area contributed by atoms with Crippen LogP contribution in [-0.2, 0) is 19.1 Å². The molecule has 70 valence electrons. The molecule has 0 aromatic rings. The molecule has 0 rings (SSSR count). The Hall–Kier alpha value is -0.740. The van der Waals surface area contributed by atoms with Gasteiger partial charge in [-0.3, -0.25) is 0 Å². The SMILES string of the molecule is COCCOC(C=O)CCC=O. The maximum Gasteiger partial charge on any atom is 0.148 e. The molecular weight excluding hydrogens is 160 g/mol. The van der Waals surface area contributed by atoms with Gasteiger partial charge in [0.2, 0.25) is 0 Å². The lowest BCUT2D eigenvalue weighted by Crippen LogP contribution is -2.17. The Morgan fingerprint density at radius 2 is 2.08 bits per heavy atom. The molecule has 4 nitrogen and oxygen atoms in total. The predicted molar refractivity (Wildman–Crippen MR) is 43.0 cm³/mol. The number of rotatable bonds is 8. The third kappa shape index (κ3) is 6.00. The van der Waals surface area contributed by atoms with Crippen molar-refractivity contribution in [3.05, 3.63) is 0 Å². The van der Waals surface area contributed by atoms with E-state index in [1.54, 1.807) is 7.11 Å². The molecule has 0 saturated carbocycles. The molecule has 0 spiro atoms. The normalized spacial score (nSPS) is 12.4. The van der Waals surface area contributed by atoms with E-state index in [0.717, 1.165) is 6.29 Å². The quantitative estimate of drug-likeness (QED) is 0.389. The van der Waals surface area contributed by atoms with Crippen LogP contribution in [0, 0.1) is 0 Å². The first-order chi connectivity index (χ1) is 5.85. The molecule has 0 aliphatic rings. The maximum absolute atomic E-state index is 10.3. The zero-order valence-electron chi connectivity index (χ0n) is 7.19. The number of ether oxygens (including phenoxy) is 2. The fraction of sp³-hybridized carbons (Fsp3) is 0.750. The van der Waals surface area contributed by atoms with Crippen molar-refractivity contribution in [1.29, 1.82) is 0 Å². The van der Waals surface area contributed by atoms with Crippen LogP contribution < -0.4 is 0 Å². The number of carbonyl (C=O) groups is 2. The lowest BCUT2D eigenvalue weighted by atomic mass is 10.2. The molecule has 0 N–H and O–H groups in total. The summed E-state index contributed by atoms with van der Waals surface area (Å²) in [5, 5.41) is 0. The molecule has 0 aliphatic heterocycles. The summed E-state index contributed by atoms with van der Waals surface area (Å²) in [6, 6.07) is 0. The molecular formula is C8H14O4. The second kappa shape index (κ2) is 8.36. The van der Waals surface area contributed by atoms with Crippen LogP contribution in [0.15, 0.2) is 0 Å². The van der Waals surface area contributed by atoms with E-state index < -0.39 is 6.10 Å². The van der Waals surface area contributed by atoms with Crippen LogP contribution in [0.1, 0.15) is 12.8 Å². The van der Waals surface area contributed by atoms with E-state index in [-0.39, 0.29) is 0 Å². The van der Waals surface area contributed by atoms with E-state index in [4.69, 9.17) is 9.47 Å². The molecule has 1 atom stereocenters. The minimum absolute atomic E-state index is 0.358. The number of carbonyl (C=O) groups excluding carboxylic acids is 2. The van der Waals surface area contributed by atoms with Crippen molar-refractivity contribution < 1.29 is 19.1 Å². The number of hydrogen-bond donors (Lipinski definition) is 0. The molecule has 0 amide bonds. The van der Waals surface area contributed by atoms with Gasteiger partial charge in [-0.2, -0.15) is 0 Å². The fourth-order valence-electron chi connectivity index (χ4n) is 0.706. The van der Waals surface area contributed by atoms with Gasteiger partial charge in [0.1, 0.15) is 18.7 Å². The van der Waals surface area contributed by atoms with Crippen molar-refractivity contribution >= 4 is 12.6 Å². The summed E-state index contributed by atoms with van der Waals surface area (Å²) in [4.78, 5) is 20.3. The van der Waals surface area contributed by atoms with Crippen LogP contribution in [0.3, 0.4) is 0 Å². The van der Waals surface area contributed by atoms with Gasteiger partial charge >= 0.3 is 0 Å². The standard InChI is InChI=1S/C8H14O4/c1-11-5-6-12-8(7-10)3-2-4-9/h4,7-8H,2-3,5-6H2,1H3. The zero-order valence-corrected chi connectivity index (χ0v) is 7.19. The average molecular weight is 174 g/mol. The largest absolute Gasteiger partial charge is 0.382 e. The van der Waals surface area contributed by atoms with Gasteiger partial charge in [0.05, 0.1) is 13.2 Å². The summed E-state index contributed by atoms with van der Waals surface area (Å²) in [5.41, 5.74) is 0. The topological polar surface area (TPSA) is 52.6 Å². The summed E-state index contributed by atoms with van der Waals surface area (Å²) >= 11 is 0. The molecule has 0 aromatic carbocycles. The van der Waals surface area contributed by atoms with Gasteiger partial charge in [-0.15, -0.1) is 0 Å². The summed E-state index contributed by atoms with van der Waals surface area (Å²) in [7, 11) is 1.56. The van der Waals surface area contributed by atoms with E-state index >= 15 is 0 Å². The first-order valence-electron chi connectivity index (χ1n) is 3.84. The van der Waals surface area contributed by atoms with Gasteiger partial charge in [0.25, 0.3) is 0 Å². The highest BCUT2D eigenvalue weighted by atomic mass is 16.5. The minimum atomic E-state index is -0.467. The Morgan fingerprint density at radius 1 is 1.33 bits per heavy atom. The van der Waals surface area contributed by atoms with Gasteiger partial charge in [-0.1, -0.05) is 0 Å². The monoisotopic (exact) mass is 174 g/mol. The van der Waals surface area contributed by atoms with E-state index in [1.807, 2.05) is 0 Å². The Labute approximate surface area is 71.8 Å². The number of methoxy groups -OCH3 is 1. The van der Waals surface area contributed by atoms with Gasteiger partial charge in [0, 0.05) is 13.5 Å². The highest BCUT2D eigenvalue weighted by Gasteiger charge is 2.05. The zero-order chi connectivity index (χ0) is 9.23. The Bertz CT molecular complexity index is 124. The van der Waals surface area contributed by atoms with E-state index in [0.29, 0.717) is 32.3 Å². The lowest BCUT2D eigenvalue weighted by Gasteiger charge is -2.08. The minimum Gasteiger partial charge on any atom is -0.382 e. The van der Waals surface area contributed by atoms with Crippen molar-refractivity contribution in [2.45, 2.75) is 18.9 Å². The fourth-order valence-corrected chi connectivity index (χ4v) is 0.706. The maximum atomic E-state index is 10.3. The number of aldehydes is 2. The first-order valence-corrected chi connectivity index (χ1v) is 3.84. The van der Waals surface area contributed by atoms with Gasteiger partial charge in [-0.05, 0) is 6.42 Å². The van der Waals surface area contributed by atoms with Crippen LogP contribution in [0.25, 0.3) is 0 Å². The van der Waals surface area contributed by atoms with Gasteiger partial charge in [0.15, 0.2) is 0 Å². The van der Waals surface area contributed by atoms with Gasteiger partial charge < -0.3 is 19.1 Å². The molecule has 0 heterocycles.